The van der Waals surface area contributed by atoms with Crippen molar-refractivity contribution >= 4 is 27.5 Å². The van der Waals surface area contributed by atoms with Gasteiger partial charge in [-0.05, 0) is 53.2 Å². The Hall–Kier alpha value is -1.10. The fraction of sp³-hybridized carbons (Fsp3) is 0.250. The molecular formula is C16H16BrClFNO. The number of ether oxygens (including phenoxy) is 1. The van der Waals surface area contributed by atoms with Crippen molar-refractivity contribution < 1.29 is 9.13 Å². The Kier molecular flexibility index (Phi) is 6.03. The van der Waals surface area contributed by atoms with Crippen molar-refractivity contribution in [2.75, 3.05) is 6.54 Å². The summed E-state index contributed by atoms with van der Waals surface area (Å²) in [6, 6.07) is 10.1. The van der Waals surface area contributed by atoms with Gasteiger partial charge in [-0.25, -0.2) is 4.39 Å². The molecule has 2 aromatic rings. The van der Waals surface area contributed by atoms with Gasteiger partial charge in [0.2, 0.25) is 0 Å². The fourth-order valence-corrected chi connectivity index (χ4v) is 2.46. The van der Waals surface area contributed by atoms with Gasteiger partial charge in [-0.3, -0.25) is 0 Å². The highest BCUT2D eigenvalue weighted by atomic mass is 79.9. The minimum atomic E-state index is -0.327. The van der Waals surface area contributed by atoms with Crippen LogP contribution in [-0.2, 0) is 6.54 Å². The molecule has 0 aliphatic carbocycles. The molecule has 2 nitrogen and oxygen atoms in total. The first kappa shape index (κ1) is 16.3. The summed E-state index contributed by atoms with van der Waals surface area (Å²) in [5.41, 5.74) is 0.969. The van der Waals surface area contributed by atoms with Gasteiger partial charge in [0.15, 0.2) is 0 Å². The van der Waals surface area contributed by atoms with Crippen molar-refractivity contribution in [2.45, 2.75) is 19.9 Å². The zero-order valence-corrected chi connectivity index (χ0v) is 14.0. The molecule has 0 spiro atoms. The van der Waals surface area contributed by atoms with E-state index in [9.17, 15) is 4.39 Å². The summed E-state index contributed by atoms with van der Waals surface area (Å²) >= 11 is 9.37. The number of nitrogens with one attached hydrogen (secondary N) is 1. The molecule has 0 saturated heterocycles. The van der Waals surface area contributed by atoms with Crippen molar-refractivity contribution in [2.24, 2.45) is 0 Å². The van der Waals surface area contributed by atoms with Crippen LogP contribution in [0.5, 0.6) is 11.5 Å². The molecule has 0 aromatic heterocycles. The van der Waals surface area contributed by atoms with Crippen molar-refractivity contribution in [1.82, 2.24) is 5.32 Å². The van der Waals surface area contributed by atoms with Crippen LogP contribution < -0.4 is 10.1 Å². The normalized spacial score (nSPS) is 10.7. The van der Waals surface area contributed by atoms with Crippen LogP contribution in [0.4, 0.5) is 4.39 Å². The van der Waals surface area contributed by atoms with Gasteiger partial charge in [0.05, 0.1) is 9.50 Å². The quantitative estimate of drug-likeness (QED) is 0.673. The van der Waals surface area contributed by atoms with E-state index in [2.05, 4.69) is 28.2 Å². The van der Waals surface area contributed by atoms with E-state index < -0.39 is 0 Å². The predicted molar refractivity (Wildman–Crippen MR) is 87.6 cm³/mol. The molecule has 1 N–H and O–H groups in total. The first-order valence-corrected chi connectivity index (χ1v) is 7.90. The highest BCUT2D eigenvalue weighted by Crippen LogP contribution is 2.34. The molecule has 0 fully saturated rings. The summed E-state index contributed by atoms with van der Waals surface area (Å²) in [6.07, 6.45) is 1.06. The number of halogens is 3. The zero-order chi connectivity index (χ0) is 15.2. The van der Waals surface area contributed by atoms with Gasteiger partial charge in [-0.2, -0.15) is 0 Å². The van der Waals surface area contributed by atoms with E-state index in [4.69, 9.17) is 16.3 Å². The van der Waals surface area contributed by atoms with E-state index >= 15 is 0 Å². The lowest BCUT2D eigenvalue weighted by molar-refractivity contribution is 0.470. The van der Waals surface area contributed by atoms with Crippen molar-refractivity contribution in [3.05, 3.63) is 57.3 Å². The van der Waals surface area contributed by atoms with Gasteiger partial charge >= 0.3 is 0 Å². The van der Waals surface area contributed by atoms with Crippen LogP contribution in [0.3, 0.4) is 0 Å². The molecule has 0 radical (unpaired) electrons. The van der Waals surface area contributed by atoms with Crippen molar-refractivity contribution in [1.29, 1.82) is 0 Å². The second-order valence-electron chi connectivity index (χ2n) is 4.58. The molecule has 0 amide bonds. The minimum absolute atomic E-state index is 0.327. The maximum atomic E-state index is 13.3. The van der Waals surface area contributed by atoms with Crippen LogP contribution in [0.15, 0.2) is 40.9 Å². The third kappa shape index (κ3) is 4.43. The van der Waals surface area contributed by atoms with E-state index in [0.29, 0.717) is 27.5 Å². The van der Waals surface area contributed by atoms with Crippen LogP contribution in [0.25, 0.3) is 0 Å². The molecule has 21 heavy (non-hydrogen) atoms. The third-order valence-electron chi connectivity index (χ3n) is 2.90. The Morgan fingerprint density at radius 2 is 2.10 bits per heavy atom. The smallest absolute Gasteiger partial charge is 0.150 e. The molecule has 0 saturated carbocycles. The fourth-order valence-electron chi connectivity index (χ4n) is 1.87. The van der Waals surface area contributed by atoms with Crippen molar-refractivity contribution in [3.63, 3.8) is 0 Å². The zero-order valence-electron chi connectivity index (χ0n) is 11.6. The summed E-state index contributed by atoms with van der Waals surface area (Å²) in [5, 5.41) is 3.85. The highest BCUT2D eigenvalue weighted by Gasteiger charge is 2.10. The Bertz CT molecular complexity index is 621. The molecule has 0 unspecified atom stereocenters. The number of rotatable bonds is 6. The molecule has 0 heterocycles. The molecule has 5 heteroatoms. The van der Waals surface area contributed by atoms with Gasteiger partial charge < -0.3 is 10.1 Å². The van der Waals surface area contributed by atoms with Gasteiger partial charge in [-0.15, -0.1) is 0 Å². The summed E-state index contributed by atoms with van der Waals surface area (Å²) in [6.45, 7) is 3.71. The highest BCUT2D eigenvalue weighted by molar-refractivity contribution is 9.10. The van der Waals surface area contributed by atoms with Gasteiger partial charge in [-0.1, -0.05) is 30.7 Å². The molecule has 112 valence electrons. The number of para-hydroxylation sites is 1. The number of hydrogen-bond donors (Lipinski definition) is 1. The molecule has 0 bridgehead atoms. The number of benzene rings is 2. The van der Waals surface area contributed by atoms with E-state index in [-0.39, 0.29) is 5.82 Å². The second kappa shape index (κ2) is 7.78. The van der Waals surface area contributed by atoms with E-state index in [0.717, 1.165) is 18.5 Å². The van der Waals surface area contributed by atoms with Crippen LogP contribution in [0, 0.1) is 5.82 Å². The monoisotopic (exact) mass is 371 g/mol. The summed E-state index contributed by atoms with van der Waals surface area (Å²) in [7, 11) is 0. The average molecular weight is 373 g/mol. The van der Waals surface area contributed by atoms with E-state index in [1.165, 1.54) is 6.07 Å². The lowest BCUT2D eigenvalue weighted by atomic mass is 10.2. The van der Waals surface area contributed by atoms with Gasteiger partial charge in [0, 0.05) is 12.1 Å². The molecular weight excluding hydrogens is 357 g/mol. The van der Waals surface area contributed by atoms with E-state index in [1.54, 1.807) is 18.2 Å². The minimum Gasteiger partial charge on any atom is -0.455 e. The molecule has 0 atom stereocenters. The predicted octanol–water partition coefficient (Wildman–Crippen LogP) is 5.53. The molecule has 0 aliphatic heterocycles. The van der Waals surface area contributed by atoms with E-state index in [1.807, 2.05) is 12.1 Å². The Balaban J connectivity index is 2.23. The maximum Gasteiger partial charge on any atom is 0.150 e. The SMILES string of the molecule is CCCNCc1cccc(Cl)c1Oc1ccc(F)c(Br)c1. The Labute approximate surface area is 137 Å². The van der Waals surface area contributed by atoms with Gasteiger partial charge in [0.25, 0.3) is 0 Å². The third-order valence-corrected chi connectivity index (χ3v) is 3.81. The Morgan fingerprint density at radius 1 is 1.29 bits per heavy atom. The summed E-state index contributed by atoms with van der Waals surface area (Å²) in [5.74, 6) is 0.806. The van der Waals surface area contributed by atoms with Crippen LogP contribution in [0.2, 0.25) is 5.02 Å². The van der Waals surface area contributed by atoms with Crippen LogP contribution in [-0.4, -0.2) is 6.54 Å². The first-order valence-electron chi connectivity index (χ1n) is 6.73. The summed E-state index contributed by atoms with van der Waals surface area (Å²) in [4.78, 5) is 0. The molecule has 2 rings (SSSR count). The first-order chi connectivity index (χ1) is 10.1. The lowest BCUT2D eigenvalue weighted by Gasteiger charge is -2.13. The average Bonchev–Trinajstić information content (AvgIpc) is 2.46. The molecule has 0 aliphatic rings. The lowest BCUT2D eigenvalue weighted by Crippen LogP contribution is -2.14. The number of hydrogen-bond acceptors (Lipinski definition) is 2. The van der Waals surface area contributed by atoms with Gasteiger partial charge in [0.1, 0.15) is 17.3 Å². The van der Waals surface area contributed by atoms with Crippen LogP contribution >= 0.6 is 27.5 Å². The summed E-state index contributed by atoms with van der Waals surface area (Å²) < 4.78 is 19.5. The maximum absolute atomic E-state index is 13.3. The van der Waals surface area contributed by atoms with Crippen LogP contribution in [0.1, 0.15) is 18.9 Å². The topological polar surface area (TPSA) is 21.3 Å². The Morgan fingerprint density at radius 3 is 2.81 bits per heavy atom. The second-order valence-corrected chi connectivity index (χ2v) is 5.84. The largest absolute Gasteiger partial charge is 0.455 e. The standard InChI is InChI=1S/C16H16BrClFNO/c1-2-8-20-10-11-4-3-5-14(18)16(11)21-12-6-7-15(19)13(17)9-12/h3-7,9,20H,2,8,10H2,1H3. The van der Waals surface area contributed by atoms with Crippen molar-refractivity contribution in [3.8, 4) is 11.5 Å². The molecule has 2 aromatic carbocycles.